The molecular weight excluding hydrogens is 398 g/mol. The van der Waals surface area contributed by atoms with E-state index in [0.29, 0.717) is 17.1 Å². The molecule has 0 radical (unpaired) electrons. The van der Waals surface area contributed by atoms with E-state index >= 15 is 0 Å². The van der Waals surface area contributed by atoms with E-state index in [-0.39, 0.29) is 22.5 Å². The minimum Gasteiger partial charge on any atom is -0.478 e. The van der Waals surface area contributed by atoms with Crippen molar-refractivity contribution in [3.63, 3.8) is 0 Å². The van der Waals surface area contributed by atoms with E-state index in [0.717, 1.165) is 22.7 Å². The molecule has 2 aromatic heterocycles. The van der Waals surface area contributed by atoms with Crippen molar-refractivity contribution < 1.29 is 24.2 Å². The topological polar surface area (TPSA) is 140 Å². The van der Waals surface area contributed by atoms with Gasteiger partial charge in [0.1, 0.15) is 23.4 Å². The molecule has 4 aromatic rings. The van der Waals surface area contributed by atoms with Crippen molar-refractivity contribution in [2.45, 2.75) is 6.92 Å². The summed E-state index contributed by atoms with van der Waals surface area (Å²) in [5.41, 5.74) is 2.81. The molecule has 0 amide bonds. The number of hydrogen-bond acceptors (Lipinski definition) is 5. The molecule has 2 aromatic carbocycles. The first-order chi connectivity index (χ1) is 14.8. The number of benzene rings is 2. The van der Waals surface area contributed by atoms with Gasteiger partial charge in [-0.15, -0.1) is 0 Å². The van der Waals surface area contributed by atoms with Gasteiger partial charge in [0.2, 0.25) is 0 Å². The summed E-state index contributed by atoms with van der Waals surface area (Å²) in [5, 5.41) is 28.1. The van der Waals surface area contributed by atoms with Crippen molar-refractivity contribution in [3.8, 4) is 17.4 Å². The van der Waals surface area contributed by atoms with E-state index in [1.807, 2.05) is 25.1 Å². The first-order valence-corrected chi connectivity index (χ1v) is 9.14. The standard InChI is InChI=1S/C23H15N3O5/c1-12-2-4-18-19(6-12)26-21(25-18)16(11-24)10-17-3-5-20(31-17)13-7-14(22(27)28)9-15(8-13)23(29)30/h2-10H,1H3,(H,25,26)(H,27,28)(H,29,30)/b16-10-. The molecule has 8 heteroatoms. The van der Waals surface area contributed by atoms with E-state index in [2.05, 4.69) is 16.0 Å². The van der Waals surface area contributed by atoms with Crippen molar-refractivity contribution in [3.05, 3.63) is 76.8 Å². The first kappa shape index (κ1) is 19.7. The lowest BCUT2D eigenvalue weighted by Crippen LogP contribution is -2.02. The number of imidazole rings is 1. The van der Waals surface area contributed by atoms with Gasteiger partial charge in [-0.3, -0.25) is 0 Å². The Bertz CT molecular complexity index is 1390. The normalized spacial score (nSPS) is 11.4. The number of aromatic carboxylic acids is 2. The van der Waals surface area contributed by atoms with Crippen LogP contribution in [-0.2, 0) is 0 Å². The van der Waals surface area contributed by atoms with Crippen LogP contribution in [0.3, 0.4) is 0 Å². The summed E-state index contributed by atoms with van der Waals surface area (Å²) in [5.74, 6) is -1.50. The molecule has 152 valence electrons. The predicted octanol–water partition coefficient (Wildman–Crippen LogP) is 4.59. The van der Waals surface area contributed by atoms with Crippen molar-refractivity contribution in [2.75, 3.05) is 0 Å². The van der Waals surface area contributed by atoms with Crippen LogP contribution in [0.2, 0.25) is 0 Å². The van der Waals surface area contributed by atoms with Gasteiger partial charge in [0.15, 0.2) is 0 Å². The van der Waals surface area contributed by atoms with Crippen LogP contribution in [0.25, 0.3) is 34.0 Å². The number of carboxylic acids is 2. The Labute approximate surface area is 175 Å². The highest BCUT2D eigenvalue weighted by Gasteiger charge is 2.15. The van der Waals surface area contributed by atoms with E-state index in [1.165, 1.54) is 18.2 Å². The third-order valence-corrected chi connectivity index (χ3v) is 4.64. The Morgan fingerprint density at radius 3 is 2.42 bits per heavy atom. The highest BCUT2D eigenvalue weighted by molar-refractivity contribution is 5.96. The molecule has 0 atom stereocenters. The monoisotopic (exact) mass is 413 g/mol. The zero-order chi connectivity index (χ0) is 22.1. The molecule has 3 N–H and O–H groups in total. The Kier molecular flexibility index (Phi) is 4.85. The SMILES string of the molecule is Cc1ccc2nc(/C(C#N)=C\c3ccc(-c4cc(C(=O)O)cc(C(=O)O)c4)o3)[nH]c2c1. The minimum absolute atomic E-state index is 0.168. The number of carboxylic acid groups (broad SMARTS) is 2. The second-order valence-corrected chi connectivity index (χ2v) is 6.89. The van der Waals surface area contributed by atoms with Crippen LogP contribution < -0.4 is 0 Å². The van der Waals surface area contributed by atoms with Crippen molar-refractivity contribution in [1.29, 1.82) is 5.26 Å². The summed E-state index contributed by atoms with van der Waals surface area (Å²) < 4.78 is 5.73. The number of rotatable bonds is 5. The molecule has 0 bridgehead atoms. The second-order valence-electron chi connectivity index (χ2n) is 6.89. The fraction of sp³-hybridized carbons (Fsp3) is 0.0435. The molecule has 0 aliphatic rings. The number of furan rings is 1. The fourth-order valence-corrected chi connectivity index (χ4v) is 3.15. The highest BCUT2D eigenvalue weighted by atomic mass is 16.4. The van der Waals surface area contributed by atoms with E-state index in [4.69, 9.17) is 4.42 Å². The molecule has 0 unspecified atom stereocenters. The van der Waals surface area contributed by atoms with Gasteiger partial charge >= 0.3 is 11.9 Å². The van der Waals surface area contributed by atoms with Crippen LogP contribution in [-0.4, -0.2) is 32.1 Å². The number of nitrogens with one attached hydrogen (secondary N) is 1. The quantitative estimate of drug-likeness (QED) is 0.406. The molecular formula is C23H15N3O5. The van der Waals surface area contributed by atoms with Crippen LogP contribution in [0.5, 0.6) is 0 Å². The number of nitrogens with zero attached hydrogens (tertiary/aromatic N) is 2. The summed E-state index contributed by atoms with van der Waals surface area (Å²) in [7, 11) is 0. The molecule has 0 fully saturated rings. The summed E-state index contributed by atoms with van der Waals surface area (Å²) in [6.07, 6.45) is 1.51. The molecule has 4 rings (SSSR count). The van der Waals surface area contributed by atoms with Gasteiger partial charge in [-0.25, -0.2) is 14.6 Å². The van der Waals surface area contributed by atoms with Gasteiger partial charge in [0.05, 0.1) is 27.7 Å². The molecule has 8 nitrogen and oxygen atoms in total. The third kappa shape index (κ3) is 3.93. The molecule has 2 heterocycles. The highest BCUT2D eigenvalue weighted by Crippen LogP contribution is 2.27. The number of allylic oxidation sites excluding steroid dienone is 1. The Morgan fingerprint density at radius 1 is 1.06 bits per heavy atom. The van der Waals surface area contributed by atoms with Crippen LogP contribution in [0.4, 0.5) is 0 Å². The number of H-pyrrole nitrogens is 1. The largest absolute Gasteiger partial charge is 0.478 e. The smallest absolute Gasteiger partial charge is 0.335 e. The molecule has 0 spiro atoms. The summed E-state index contributed by atoms with van der Waals surface area (Å²) in [6.45, 7) is 1.96. The molecule has 31 heavy (non-hydrogen) atoms. The lowest BCUT2D eigenvalue weighted by atomic mass is 10.0. The third-order valence-electron chi connectivity index (χ3n) is 4.64. The number of nitriles is 1. The number of fused-ring (bicyclic) bond motifs is 1. The van der Waals surface area contributed by atoms with Crippen LogP contribution in [0.15, 0.2) is 52.9 Å². The molecule has 0 saturated heterocycles. The fourth-order valence-electron chi connectivity index (χ4n) is 3.15. The van der Waals surface area contributed by atoms with Gasteiger partial charge in [0, 0.05) is 11.6 Å². The van der Waals surface area contributed by atoms with Crippen molar-refractivity contribution in [2.24, 2.45) is 0 Å². The maximum atomic E-state index is 11.3. The van der Waals surface area contributed by atoms with Gasteiger partial charge in [0.25, 0.3) is 0 Å². The van der Waals surface area contributed by atoms with Crippen LogP contribution in [0.1, 0.15) is 37.9 Å². The Hall–Kier alpha value is -4.64. The van der Waals surface area contributed by atoms with Crippen molar-refractivity contribution >= 4 is 34.6 Å². The lowest BCUT2D eigenvalue weighted by Gasteiger charge is -2.03. The number of hydrogen-bond donors (Lipinski definition) is 3. The number of aromatic amines is 1. The van der Waals surface area contributed by atoms with Gasteiger partial charge < -0.3 is 19.6 Å². The second kappa shape index (κ2) is 7.65. The first-order valence-electron chi connectivity index (χ1n) is 9.14. The van der Waals surface area contributed by atoms with Crippen molar-refractivity contribution in [1.82, 2.24) is 9.97 Å². The maximum Gasteiger partial charge on any atom is 0.335 e. The summed E-state index contributed by atoms with van der Waals surface area (Å²) in [6, 6.07) is 14.7. The zero-order valence-electron chi connectivity index (χ0n) is 16.2. The van der Waals surface area contributed by atoms with Gasteiger partial charge in [-0.2, -0.15) is 5.26 Å². The van der Waals surface area contributed by atoms with Gasteiger partial charge in [-0.05, 0) is 55.0 Å². The predicted molar refractivity (Wildman–Crippen MR) is 112 cm³/mol. The summed E-state index contributed by atoms with van der Waals surface area (Å²) >= 11 is 0. The van der Waals surface area contributed by atoms with Crippen LogP contribution in [0, 0.1) is 18.3 Å². The maximum absolute atomic E-state index is 11.3. The molecule has 0 aliphatic carbocycles. The van der Waals surface area contributed by atoms with E-state index in [1.54, 1.807) is 12.1 Å². The number of carbonyl (C=O) groups is 2. The zero-order valence-corrected chi connectivity index (χ0v) is 16.2. The van der Waals surface area contributed by atoms with Crippen LogP contribution >= 0.6 is 0 Å². The molecule has 0 aliphatic heterocycles. The molecule has 0 saturated carbocycles. The lowest BCUT2D eigenvalue weighted by molar-refractivity contribution is 0.0696. The Balaban J connectivity index is 1.72. The number of aryl methyl sites for hydroxylation is 1. The average Bonchev–Trinajstić information content (AvgIpc) is 3.38. The van der Waals surface area contributed by atoms with Gasteiger partial charge in [-0.1, -0.05) is 6.07 Å². The average molecular weight is 413 g/mol. The Morgan fingerprint density at radius 2 is 1.77 bits per heavy atom. The van der Waals surface area contributed by atoms with E-state index < -0.39 is 11.9 Å². The number of aromatic nitrogens is 2. The van der Waals surface area contributed by atoms with E-state index in [9.17, 15) is 25.1 Å². The summed E-state index contributed by atoms with van der Waals surface area (Å²) in [4.78, 5) is 30.2. The minimum atomic E-state index is -1.25.